The van der Waals surface area contributed by atoms with Crippen molar-refractivity contribution in [1.29, 1.82) is 0 Å². The second kappa shape index (κ2) is 7.84. The average Bonchev–Trinajstić information content (AvgIpc) is 3.34. The number of hydrogen-bond donors (Lipinski definition) is 0. The van der Waals surface area contributed by atoms with E-state index < -0.39 is 11.6 Å². The Bertz CT molecular complexity index is 739. The van der Waals surface area contributed by atoms with Crippen LogP contribution in [0.15, 0.2) is 18.2 Å². The molecule has 0 amide bonds. The number of nitrogens with zero attached hydrogens (tertiary/aromatic N) is 5. The summed E-state index contributed by atoms with van der Waals surface area (Å²) in [5.41, 5.74) is 0.839. The van der Waals surface area contributed by atoms with Crippen LogP contribution >= 0.6 is 11.5 Å². The van der Waals surface area contributed by atoms with Crippen LogP contribution in [-0.2, 0) is 6.42 Å². The Kier molecular flexibility index (Phi) is 5.31. The molecular formula is C18H23F2N5S. The molecular weight excluding hydrogens is 356 g/mol. The van der Waals surface area contributed by atoms with Gasteiger partial charge in [0.25, 0.3) is 0 Å². The number of hydrogen-bond acceptors (Lipinski definition) is 6. The number of piperazine rings is 1. The molecule has 2 aromatic rings. The fraction of sp³-hybridized carbons (Fsp3) is 0.556. The SMILES string of the molecule is Fc1ccc(CCN2CCN(c3nc(N4CCCC4)ns3)CC2)cc1F. The van der Waals surface area contributed by atoms with Gasteiger partial charge in [0.05, 0.1) is 0 Å². The normalized spacial score (nSPS) is 18.7. The first-order valence-corrected chi connectivity index (χ1v) is 9.96. The van der Waals surface area contributed by atoms with Gasteiger partial charge >= 0.3 is 0 Å². The highest BCUT2D eigenvalue weighted by molar-refractivity contribution is 7.09. The number of aromatic nitrogens is 2. The predicted octanol–water partition coefficient (Wildman–Crippen LogP) is 2.78. The lowest BCUT2D eigenvalue weighted by Gasteiger charge is -2.34. The highest BCUT2D eigenvalue weighted by Crippen LogP contribution is 2.25. The molecule has 2 aliphatic heterocycles. The molecule has 5 nitrogen and oxygen atoms in total. The van der Waals surface area contributed by atoms with Crippen LogP contribution < -0.4 is 9.80 Å². The zero-order chi connectivity index (χ0) is 17.9. The number of anilines is 2. The summed E-state index contributed by atoms with van der Waals surface area (Å²) < 4.78 is 30.8. The van der Waals surface area contributed by atoms with Crippen molar-refractivity contribution in [2.24, 2.45) is 0 Å². The van der Waals surface area contributed by atoms with Crippen molar-refractivity contribution in [3.8, 4) is 0 Å². The van der Waals surface area contributed by atoms with E-state index in [-0.39, 0.29) is 0 Å². The summed E-state index contributed by atoms with van der Waals surface area (Å²) in [6.45, 7) is 6.72. The first-order chi connectivity index (χ1) is 12.7. The van der Waals surface area contributed by atoms with E-state index in [2.05, 4.69) is 19.1 Å². The minimum Gasteiger partial charge on any atom is -0.344 e. The summed E-state index contributed by atoms with van der Waals surface area (Å²) in [5, 5.41) is 1.01. The van der Waals surface area contributed by atoms with Gasteiger partial charge < -0.3 is 9.80 Å². The second-order valence-corrected chi connectivity index (χ2v) is 7.63. The maximum absolute atomic E-state index is 13.3. The lowest BCUT2D eigenvalue weighted by Crippen LogP contribution is -2.47. The van der Waals surface area contributed by atoms with Crippen molar-refractivity contribution in [3.63, 3.8) is 0 Å². The van der Waals surface area contributed by atoms with E-state index in [1.54, 1.807) is 6.07 Å². The monoisotopic (exact) mass is 379 g/mol. The summed E-state index contributed by atoms with van der Waals surface area (Å²) in [6.07, 6.45) is 3.19. The maximum Gasteiger partial charge on any atom is 0.239 e. The fourth-order valence-electron chi connectivity index (χ4n) is 3.53. The number of halogens is 2. The molecule has 2 saturated heterocycles. The van der Waals surface area contributed by atoms with Crippen molar-refractivity contribution in [3.05, 3.63) is 35.4 Å². The average molecular weight is 379 g/mol. The lowest BCUT2D eigenvalue weighted by atomic mass is 10.1. The lowest BCUT2D eigenvalue weighted by molar-refractivity contribution is 0.261. The van der Waals surface area contributed by atoms with Gasteiger partial charge in [0.1, 0.15) is 0 Å². The van der Waals surface area contributed by atoms with Crippen molar-refractivity contribution in [2.45, 2.75) is 19.3 Å². The van der Waals surface area contributed by atoms with Crippen LogP contribution in [0.4, 0.5) is 19.9 Å². The second-order valence-electron chi connectivity index (χ2n) is 6.90. The van der Waals surface area contributed by atoms with Crippen molar-refractivity contribution in [2.75, 3.05) is 55.6 Å². The molecule has 0 atom stereocenters. The maximum atomic E-state index is 13.3. The quantitative estimate of drug-likeness (QED) is 0.798. The van der Waals surface area contributed by atoms with E-state index in [9.17, 15) is 8.78 Å². The van der Waals surface area contributed by atoms with Crippen LogP contribution in [0.25, 0.3) is 0 Å². The Morgan fingerprint density at radius 2 is 1.69 bits per heavy atom. The Labute approximate surface area is 156 Å². The van der Waals surface area contributed by atoms with Gasteiger partial charge in [-0.2, -0.15) is 9.36 Å². The summed E-state index contributed by atoms with van der Waals surface area (Å²) in [7, 11) is 0. The Morgan fingerprint density at radius 3 is 2.42 bits per heavy atom. The molecule has 26 heavy (non-hydrogen) atoms. The summed E-state index contributed by atoms with van der Waals surface area (Å²) >= 11 is 1.48. The third kappa shape index (κ3) is 3.96. The molecule has 0 N–H and O–H groups in total. The van der Waals surface area contributed by atoms with Gasteiger partial charge in [0.2, 0.25) is 11.1 Å². The van der Waals surface area contributed by atoms with Crippen LogP contribution in [0.2, 0.25) is 0 Å². The first kappa shape index (κ1) is 17.6. The van der Waals surface area contributed by atoms with Gasteiger partial charge in [-0.1, -0.05) is 6.07 Å². The number of rotatable bonds is 5. The molecule has 0 aliphatic carbocycles. The molecule has 1 aromatic carbocycles. The topological polar surface area (TPSA) is 35.5 Å². The molecule has 2 aliphatic rings. The largest absolute Gasteiger partial charge is 0.344 e. The summed E-state index contributed by atoms with van der Waals surface area (Å²) in [4.78, 5) is 11.6. The summed E-state index contributed by atoms with van der Waals surface area (Å²) in [5.74, 6) is -0.673. The zero-order valence-corrected chi connectivity index (χ0v) is 15.5. The minimum absolute atomic E-state index is 0.731. The Morgan fingerprint density at radius 1 is 0.923 bits per heavy atom. The smallest absolute Gasteiger partial charge is 0.239 e. The highest BCUT2D eigenvalue weighted by atomic mass is 32.1. The van der Waals surface area contributed by atoms with Gasteiger partial charge in [0, 0.05) is 57.3 Å². The van der Waals surface area contributed by atoms with Crippen LogP contribution in [-0.4, -0.2) is 60.1 Å². The molecule has 1 aromatic heterocycles. The molecule has 0 bridgehead atoms. The van der Waals surface area contributed by atoms with Crippen molar-refractivity contribution in [1.82, 2.24) is 14.3 Å². The Balaban J connectivity index is 1.26. The Hall–Kier alpha value is -1.80. The molecule has 0 unspecified atom stereocenters. The van der Waals surface area contributed by atoms with Crippen molar-refractivity contribution >= 4 is 22.6 Å². The van der Waals surface area contributed by atoms with Crippen LogP contribution in [0, 0.1) is 11.6 Å². The molecule has 0 radical (unpaired) electrons. The van der Waals surface area contributed by atoms with Gasteiger partial charge in [-0.25, -0.2) is 8.78 Å². The van der Waals surface area contributed by atoms with E-state index >= 15 is 0 Å². The van der Waals surface area contributed by atoms with E-state index in [1.807, 2.05) is 0 Å². The number of benzene rings is 1. The molecule has 8 heteroatoms. The first-order valence-electron chi connectivity index (χ1n) is 9.19. The molecule has 2 fully saturated rings. The molecule has 0 spiro atoms. The zero-order valence-electron chi connectivity index (χ0n) is 14.7. The third-order valence-electron chi connectivity index (χ3n) is 5.14. The van der Waals surface area contributed by atoms with Gasteiger partial charge in [-0.05, 0) is 37.0 Å². The van der Waals surface area contributed by atoms with E-state index in [1.165, 1.54) is 36.5 Å². The fourth-order valence-corrected chi connectivity index (χ4v) is 4.27. The van der Waals surface area contributed by atoms with Gasteiger partial charge in [0.15, 0.2) is 11.6 Å². The van der Waals surface area contributed by atoms with Crippen LogP contribution in [0.3, 0.4) is 0 Å². The van der Waals surface area contributed by atoms with Gasteiger partial charge in [-0.3, -0.25) is 4.90 Å². The van der Waals surface area contributed by atoms with Crippen molar-refractivity contribution < 1.29 is 8.78 Å². The van der Waals surface area contributed by atoms with E-state index in [0.29, 0.717) is 0 Å². The summed E-state index contributed by atoms with van der Waals surface area (Å²) in [6, 6.07) is 4.17. The molecule has 140 valence electrons. The van der Waals surface area contributed by atoms with E-state index in [0.717, 1.165) is 68.9 Å². The van der Waals surface area contributed by atoms with Crippen LogP contribution in [0.1, 0.15) is 18.4 Å². The molecule has 0 saturated carbocycles. The van der Waals surface area contributed by atoms with Crippen LogP contribution in [0.5, 0.6) is 0 Å². The van der Waals surface area contributed by atoms with Gasteiger partial charge in [-0.15, -0.1) is 0 Å². The molecule has 4 rings (SSSR count). The van der Waals surface area contributed by atoms with E-state index in [4.69, 9.17) is 4.98 Å². The molecule has 3 heterocycles. The standard InChI is InChI=1S/C18H23F2N5S/c19-15-4-3-14(13-16(15)20)5-8-23-9-11-25(12-10-23)18-21-17(22-26-18)24-6-1-2-7-24/h3-4,13H,1-2,5-12H2. The predicted molar refractivity (Wildman–Crippen MR) is 100 cm³/mol. The minimum atomic E-state index is -0.785. The highest BCUT2D eigenvalue weighted by Gasteiger charge is 2.22. The third-order valence-corrected chi connectivity index (χ3v) is 5.90.